The molecule has 0 fully saturated rings. The van der Waals surface area contributed by atoms with E-state index in [9.17, 15) is 0 Å². The van der Waals surface area contributed by atoms with Gasteiger partial charge in [-0.25, -0.2) is 0 Å². The van der Waals surface area contributed by atoms with Crippen LogP contribution < -0.4 is 9.64 Å². The van der Waals surface area contributed by atoms with E-state index in [1.807, 2.05) is 17.8 Å². The third kappa shape index (κ3) is 2.36. The van der Waals surface area contributed by atoms with Crippen LogP contribution in [-0.4, -0.2) is 19.0 Å². The van der Waals surface area contributed by atoms with E-state index in [0.717, 1.165) is 12.3 Å². The molecule has 1 atom stereocenters. The monoisotopic (exact) mass is 337 g/mol. The Morgan fingerprint density at radius 1 is 1.47 bits per heavy atom. The highest BCUT2D eigenvalue weighted by Crippen LogP contribution is 2.44. The lowest BCUT2D eigenvalue weighted by atomic mass is 10.2. The van der Waals surface area contributed by atoms with Crippen molar-refractivity contribution in [2.45, 2.75) is 24.1 Å². The molecule has 1 unspecified atom stereocenters. The van der Waals surface area contributed by atoms with Crippen LogP contribution in [0.5, 0.6) is 5.75 Å². The molecule has 0 aromatic heterocycles. The Bertz CT molecular complexity index is 345. The highest BCUT2D eigenvalue weighted by molar-refractivity contribution is 14.0. The number of anilines is 1. The third-order valence-corrected chi connectivity index (χ3v) is 3.73. The quantitative estimate of drug-likeness (QED) is 0.766. The highest BCUT2D eigenvalue weighted by atomic mass is 127. The number of ether oxygens (including phenoxy) is 1. The minimum atomic E-state index is 0. The summed E-state index contributed by atoms with van der Waals surface area (Å²) in [7, 11) is 1.71. The number of hydrogen-bond donors (Lipinski definition) is 0. The van der Waals surface area contributed by atoms with Crippen LogP contribution in [-0.2, 0) is 0 Å². The lowest BCUT2D eigenvalue weighted by molar-refractivity contribution is 0.414. The van der Waals surface area contributed by atoms with Crippen molar-refractivity contribution in [2.75, 3.05) is 18.6 Å². The first-order valence-electron chi connectivity index (χ1n) is 4.87. The van der Waals surface area contributed by atoms with E-state index in [0.29, 0.717) is 5.37 Å². The van der Waals surface area contributed by atoms with Crippen molar-refractivity contribution in [3.63, 3.8) is 0 Å². The Labute approximate surface area is 112 Å². The number of rotatable bonds is 2. The Kier molecular flexibility index (Phi) is 4.58. The maximum atomic E-state index is 5.21. The molecule has 15 heavy (non-hydrogen) atoms. The summed E-state index contributed by atoms with van der Waals surface area (Å²) in [6.07, 6.45) is 0. The van der Waals surface area contributed by atoms with Gasteiger partial charge in [-0.1, -0.05) is 11.8 Å². The van der Waals surface area contributed by atoms with Gasteiger partial charge in [0.2, 0.25) is 0 Å². The Morgan fingerprint density at radius 2 is 2.20 bits per heavy atom. The maximum absolute atomic E-state index is 5.21. The van der Waals surface area contributed by atoms with E-state index in [1.165, 1.54) is 10.6 Å². The van der Waals surface area contributed by atoms with Crippen LogP contribution in [0.1, 0.15) is 13.8 Å². The first-order chi connectivity index (χ1) is 6.76. The third-order valence-electron chi connectivity index (χ3n) is 2.55. The molecule has 0 aliphatic carbocycles. The molecule has 0 amide bonds. The number of thioether (sulfide) groups is 1. The van der Waals surface area contributed by atoms with Gasteiger partial charge in [0.05, 0.1) is 18.2 Å². The highest BCUT2D eigenvalue weighted by Gasteiger charge is 2.25. The lowest BCUT2D eigenvalue weighted by Crippen LogP contribution is -2.25. The predicted molar refractivity (Wildman–Crippen MR) is 76.7 cm³/mol. The van der Waals surface area contributed by atoms with Gasteiger partial charge in [-0.3, -0.25) is 0 Å². The number of benzene rings is 1. The van der Waals surface area contributed by atoms with E-state index < -0.39 is 0 Å². The molecule has 4 heteroatoms. The van der Waals surface area contributed by atoms with Gasteiger partial charge in [-0.2, -0.15) is 0 Å². The van der Waals surface area contributed by atoms with Crippen molar-refractivity contribution < 1.29 is 4.74 Å². The van der Waals surface area contributed by atoms with E-state index in [1.54, 1.807) is 7.11 Å². The van der Waals surface area contributed by atoms with E-state index >= 15 is 0 Å². The maximum Gasteiger partial charge on any atom is 0.120 e. The fourth-order valence-electron chi connectivity index (χ4n) is 1.82. The average Bonchev–Trinajstić information content (AvgIpc) is 2.51. The summed E-state index contributed by atoms with van der Waals surface area (Å²) in [5, 5.41) is 0.544. The minimum Gasteiger partial charge on any atom is -0.497 e. The second-order valence-corrected chi connectivity index (χ2v) is 4.69. The van der Waals surface area contributed by atoms with Gasteiger partial charge in [0.15, 0.2) is 0 Å². The SMILES string of the molecule is CCN1c2ccc(OC)cc2SC1C.I. The molecular formula is C11H16INOS. The van der Waals surface area contributed by atoms with Crippen molar-refractivity contribution in [2.24, 2.45) is 0 Å². The standard InChI is InChI=1S/C11H15NOS.HI/c1-4-12-8(2)14-11-7-9(13-3)5-6-10(11)12;/h5-8H,4H2,1-3H3;1H. The first-order valence-corrected chi connectivity index (χ1v) is 5.75. The van der Waals surface area contributed by atoms with E-state index in [2.05, 4.69) is 30.9 Å². The summed E-state index contributed by atoms with van der Waals surface area (Å²) in [4.78, 5) is 3.73. The average molecular weight is 337 g/mol. The van der Waals surface area contributed by atoms with Gasteiger partial charge in [0, 0.05) is 11.4 Å². The molecule has 0 saturated carbocycles. The zero-order chi connectivity index (χ0) is 10.1. The molecule has 1 aliphatic rings. The predicted octanol–water partition coefficient (Wildman–Crippen LogP) is 3.59. The summed E-state index contributed by atoms with van der Waals surface area (Å²) >= 11 is 1.90. The molecule has 84 valence electrons. The van der Waals surface area contributed by atoms with Gasteiger partial charge in [-0.05, 0) is 32.0 Å². The van der Waals surface area contributed by atoms with Crippen molar-refractivity contribution in [1.29, 1.82) is 0 Å². The molecule has 1 heterocycles. The van der Waals surface area contributed by atoms with E-state index in [4.69, 9.17) is 4.74 Å². The second-order valence-electron chi connectivity index (χ2n) is 3.34. The Morgan fingerprint density at radius 3 is 2.80 bits per heavy atom. The van der Waals surface area contributed by atoms with Crippen LogP contribution in [0, 0.1) is 0 Å². The first kappa shape index (κ1) is 13.0. The fourth-order valence-corrected chi connectivity index (χ4v) is 3.07. The van der Waals surface area contributed by atoms with Gasteiger partial charge in [-0.15, -0.1) is 24.0 Å². The molecule has 1 aromatic carbocycles. The lowest BCUT2D eigenvalue weighted by Gasteiger charge is -2.21. The molecule has 1 aliphatic heterocycles. The van der Waals surface area contributed by atoms with Crippen molar-refractivity contribution in [3.05, 3.63) is 18.2 Å². The molecule has 2 nitrogen and oxygen atoms in total. The number of nitrogens with zero attached hydrogens (tertiary/aromatic N) is 1. The van der Waals surface area contributed by atoms with Gasteiger partial charge < -0.3 is 9.64 Å². The number of hydrogen-bond acceptors (Lipinski definition) is 3. The molecule has 0 radical (unpaired) electrons. The Hall–Kier alpha value is -0.100. The Balaban J connectivity index is 0.00000112. The summed E-state index contributed by atoms with van der Waals surface area (Å²) < 4.78 is 5.21. The second kappa shape index (κ2) is 5.30. The van der Waals surface area contributed by atoms with Crippen LogP contribution in [0.3, 0.4) is 0 Å². The molecule has 1 aromatic rings. The molecular weight excluding hydrogens is 321 g/mol. The molecule has 0 N–H and O–H groups in total. The molecule has 0 bridgehead atoms. The summed E-state index contributed by atoms with van der Waals surface area (Å²) in [6, 6.07) is 6.29. The zero-order valence-corrected chi connectivity index (χ0v) is 12.3. The number of methoxy groups -OCH3 is 1. The van der Waals surface area contributed by atoms with Crippen LogP contribution in [0.2, 0.25) is 0 Å². The fraction of sp³-hybridized carbons (Fsp3) is 0.455. The normalized spacial score (nSPS) is 18.3. The summed E-state index contributed by atoms with van der Waals surface area (Å²) in [6.45, 7) is 5.49. The minimum absolute atomic E-state index is 0. The van der Waals surface area contributed by atoms with Crippen LogP contribution in [0.25, 0.3) is 0 Å². The van der Waals surface area contributed by atoms with Gasteiger partial charge in [0.1, 0.15) is 5.75 Å². The van der Waals surface area contributed by atoms with Crippen molar-refractivity contribution >= 4 is 41.4 Å². The molecule has 2 rings (SSSR count). The smallest absolute Gasteiger partial charge is 0.120 e. The van der Waals surface area contributed by atoms with Gasteiger partial charge >= 0.3 is 0 Å². The number of halogens is 1. The van der Waals surface area contributed by atoms with Crippen LogP contribution >= 0.6 is 35.7 Å². The topological polar surface area (TPSA) is 12.5 Å². The van der Waals surface area contributed by atoms with Crippen LogP contribution in [0.15, 0.2) is 23.1 Å². The molecule has 0 saturated heterocycles. The van der Waals surface area contributed by atoms with Gasteiger partial charge in [0.25, 0.3) is 0 Å². The largest absolute Gasteiger partial charge is 0.497 e. The zero-order valence-electron chi connectivity index (χ0n) is 9.19. The summed E-state index contributed by atoms with van der Waals surface area (Å²) in [5.74, 6) is 0.946. The molecule has 0 spiro atoms. The number of fused-ring (bicyclic) bond motifs is 1. The van der Waals surface area contributed by atoms with E-state index in [-0.39, 0.29) is 24.0 Å². The van der Waals surface area contributed by atoms with Crippen molar-refractivity contribution in [1.82, 2.24) is 0 Å². The van der Waals surface area contributed by atoms with Crippen molar-refractivity contribution in [3.8, 4) is 5.75 Å². The van der Waals surface area contributed by atoms with Crippen LogP contribution in [0.4, 0.5) is 5.69 Å². The summed E-state index contributed by atoms with van der Waals surface area (Å²) in [5.41, 5.74) is 1.34.